The van der Waals surface area contributed by atoms with Crippen LogP contribution < -0.4 is 10.6 Å². The van der Waals surface area contributed by atoms with Crippen LogP contribution in [0, 0.1) is 12.3 Å². The summed E-state index contributed by atoms with van der Waals surface area (Å²) in [5, 5.41) is 10.6. The van der Waals surface area contributed by atoms with Gasteiger partial charge in [-0.1, -0.05) is 31.2 Å². The molecule has 0 spiro atoms. The second-order valence-electron chi connectivity index (χ2n) is 7.44. The number of nitrogens with one attached hydrogen (secondary N) is 2. The summed E-state index contributed by atoms with van der Waals surface area (Å²) in [5.74, 6) is 1.51. The number of carbonyl (C=O) groups excluding carboxylic acids is 1. The maximum Gasteiger partial charge on any atom is 0.254 e. The number of fused-ring (bicyclic) bond motifs is 2. The van der Waals surface area contributed by atoms with Crippen LogP contribution in [0.4, 0.5) is 5.82 Å². The minimum absolute atomic E-state index is 0.121. The highest BCUT2D eigenvalue weighted by Gasteiger charge is 2.36. The Balaban J connectivity index is 1.34. The number of amides is 1. The Hall–Kier alpha value is -2.96. The van der Waals surface area contributed by atoms with Crippen molar-refractivity contribution in [2.45, 2.75) is 33.1 Å². The lowest BCUT2D eigenvalue weighted by molar-refractivity contribution is -0.130. The van der Waals surface area contributed by atoms with Gasteiger partial charge in [-0.05, 0) is 37.3 Å². The van der Waals surface area contributed by atoms with E-state index in [4.69, 9.17) is 0 Å². The van der Waals surface area contributed by atoms with E-state index >= 15 is 0 Å². The van der Waals surface area contributed by atoms with Crippen LogP contribution in [0.2, 0.25) is 0 Å². The molecule has 3 aromatic rings. The first-order chi connectivity index (χ1) is 13.0. The molecule has 0 unspecified atom stereocenters. The second kappa shape index (κ2) is 6.98. The van der Waals surface area contributed by atoms with Gasteiger partial charge in [0.1, 0.15) is 12.1 Å². The van der Waals surface area contributed by atoms with Crippen molar-refractivity contribution in [3.8, 4) is 0 Å². The zero-order chi connectivity index (χ0) is 18.9. The third-order valence-electron chi connectivity index (χ3n) is 5.29. The van der Waals surface area contributed by atoms with Gasteiger partial charge in [0, 0.05) is 24.8 Å². The molecule has 2 heterocycles. The molecule has 27 heavy (non-hydrogen) atoms. The molecule has 4 rings (SSSR count). The molecule has 1 aliphatic rings. The zero-order valence-electron chi connectivity index (χ0n) is 15.7. The molecular formula is C20H24N6O. The molecule has 0 aliphatic heterocycles. The van der Waals surface area contributed by atoms with E-state index in [1.54, 1.807) is 4.52 Å². The number of hydrogen-bond donors (Lipinski definition) is 2. The molecule has 2 N–H and O–H groups in total. The van der Waals surface area contributed by atoms with Crippen molar-refractivity contribution in [2.24, 2.45) is 5.41 Å². The number of aryl methyl sites for hydroxylation is 2. The molecular weight excluding hydrogens is 340 g/mol. The second-order valence-corrected chi connectivity index (χ2v) is 7.44. The van der Waals surface area contributed by atoms with Crippen molar-refractivity contribution in [1.29, 1.82) is 0 Å². The van der Waals surface area contributed by atoms with Crippen molar-refractivity contribution >= 4 is 17.5 Å². The van der Waals surface area contributed by atoms with Gasteiger partial charge < -0.3 is 10.6 Å². The van der Waals surface area contributed by atoms with Crippen molar-refractivity contribution in [3.05, 3.63) is 53.5 Å². The van der Waals surface area contributed by atoms with Crippen LogP contribution in [0.1, 0.15) is 30.2 Å². The van der Waals surface area contributed by atoms with Crippen molar-refractivity contribution < 1.29 is 4.79 Å². The summed E-state index contributed by atoms with van der Waals surface area (Å²) in [4.78, 5) is 21.2. The summed E-state index contributed by atoms with van der Waals surface area (Å²) >= 11 is 0. The predicted molar refractivity (Wildman–Crippen MR) is 104 cm³/mol. The first-order valence-corrected chi connectivity index (χ1v) is 9.31. The van der Waals surface area contributed by atoms with Crippen LogP contribution in [0.3, 0.4) is 0 Å². The van der Waals surface area contributed by atoms with Gasteiger partial charge in [0.15, 0.2) is 0 Å². The highest BCUT2D eigenvalue weighted by Crippen LogP contribution is 2.35. The smallest absolute Gasteiger partial charge is 0.254 e. The molecule has 140 valence electrons. The number of aromatic nitrogens is 4. The van der Waals surface area contributed by atoms with Gasteiger partial charge in [0.2, 0.25) is 5.91 Å². The van der Waals surface area contributed by atoms with E-state index < -0.39 is 0 Å². The quantitative estimate of drug-likeness (QED) is 0.678. The Labute approximate surface area is 158 Å². The fourth-order valence-electron chi connectivity index (χ4n) is 3.72. The van der Waals surface area contributed by atoms with Crippen LogP contribution in [0.15, 0.2) is 36.7 Å². The molecule has 1 atom stereocenters. The number of nitrogens with zero attached hydrogens (tertiary/aromatic N) is 4. The van der Waals surface area contributed by atoms with E-state index in [0.29, 0.717) is 18.9 Å². The van der Waals surface area contributed by atoms with Gasteiger partial charge >= 0.3 is 0 Å². The van der Waals surface area contributed by atoms with E-state index in [2.05, 4.69) is 50.8 Å². The van der Waals surface area contributed by atoms with E-state index in [-0.39, 0.29) is 11.3 Å². The van der Waals surface area contributed by atoms with Gasteiger partial charge in [-0.3, -0.25) is 4.79 Å². The van der Waals surface area contributed by atoms with Gasteiger partial charge in [0.05, 0.1) is 5.41 Å². The van der Waals surface area contributed by atoms with Gasteiger partial charge in [-0.25, -0.2) is 4.98 Å². The van der Waals surface area contributed by atoms with Crippen LogP contribution >= 0.6 is 0 Å². The highest BCUT2D eigenvalue weighted by atomic mass is 16.2. The average molecular weight is 364 g/mol. The maximum atomic E-state index is 12.8. The van der Waals surface area contributed by atoms with E-state index in [9.17, 15) is 4.79 Å². The lowest BCUT2D eigenvalue weighted by Gasteiger charge is -2.33. The van der Waals surface area contributed by atoms with Gasteiger partial charge in [-0.2, -0.15) is 14.6 Å². The van der Waals surface area contributed by atoms with Crippen LogP contribution in [0.5, 0.6) is 0 Å². The normalized spacial score (nSPS) is 18.9. The average Bonchev–Trinajstić information content (AvgIpc) is 3.13. The molecule has 0 saturated heterocycles. The Bertz CT molecular complexity index is 982. The number of rotatable bonds is 5. The number of benzene rings is 1. The fraction of sp³-hybridized carbons (Fsp3) is 0.400. The highest BCUT2D eigenvalue weighted by molar-refractivity contribution is 5.83. The van der Waals surface area contributed by atoms with Gasteiger partial charge in [0.25, 0.3) is 5.78 Å². The van der Waals surface area contributed by atoms with E-state index in [0.717, 1.165) is 30.8 Å². The summed E-state index contributed by atoms with van der Waals surface area (Å²) in [6, 6.07) is 10.3. The largest absolute Gasteiger partial charge is 0.368 e. The Morgan fingerprint density at radius 2 is 2.07 bits per heavy atom. The zero-order valence-corrected chi connectivity index (χ0v) is 15.7. The molecule has 0 bridgehead atoms. The maximum absolute atomic E-state index is 12.8. The van der Waals surface area contributed by atoms with Crippen LogP contribution in [0.25, 0.3) is 5.78 Å². The molecule has 0 fully saturated rings. The number of carbonyl (C=O) groups is 1. The summed E-state index contributed by atoms with van der Waals surface area (Å²) in [6.45, 7) is 5.14. The van der Waals surface area contributed by atoms with Crippen molar-refractivity contribution in [2.75, 3.05) is 18.4 Å². The lowest BCUT2D eigenvalue weighted by Crippen LogP contribution is -2.44. The molecule has 1 aliphatic carbocycles. The Morgan fingerprint density at radius 3 is 2.93 bits per heavy atom. The molecule has 7 heteroatoms. The van der Waals surface area contributed by atoms with Crippen molar-refractivity contribution in [1.82, 2.24) is 24.9 Å². The SMILES string of the molecule is Cc1cc(NCCNC(=O)[C@]2(C)CCc3ccccc3C2)n2ncnc2n1. The number of anilines is 1. The summed E-state index contributed by atoms with van der Waals surface area (Å²) in [5.41, 5.74) is 3.19. The van der Waals surface area contributed by atoms with Gasteiger partial charge in [-0.15, -0.1) is 0 Å². The molecule has 0 saturated carbocycles. The molecule has 7 nitrogen and oxygen atoms in total. The van der Waals surface area contributed by atoms with E-state index in [1.807, 2.05) is 19.1 Å². The molecule has 1 aromatic carbocycles. The standard InChI is InChI=1S/C20H24N6O/c1-14-11-17(26-19(25-14)23-13-24-26)21-9-10-22-18(27)20(2)8-7-15-5-3-4-6-16(15)12-20/h3-6,11,13,21H,7-10,12H2,1-2H3,(H,22,27)/t20-/m1/s1. The molecule has 0 radical (unpaired) electrons. The summed E-state index contributed by atoms with van der Waals surface area (Å²) in [6.07, 6.45) is 4.12. The molecule has 1 amide bonds. The third-order valence-corrected chi connectivity index (χ3v) is 5.29. The topological polar surface area (TPSA) is 84.2 Å². The fourth-order valence-corrected chi connectivity index (χ4v) is 3.72. The Morgan fingerprint density at radius 1 is 1.26 bits per heavy atom. The number of hydrogen-bond acceptors (Lipinski definition) is 5. The first kappa shape index (κ1) is 17.5. The van der Waals surface area contributed by atoms with Crippen molar-refractivity contribution in [3.63, 3.8) is 0 Å². The summed E-state index contributed by atoms with van der Waals surface area (Å²) in [7, 11) is 0. The van der Waals surface area contributed by atoms with Crippen LogP contribution in [-0.4, -0.2) is 38.6 Å². The monoisotopic (exact) mass is 364 g/mol. The van der Waals surface area contributed by atoms with Crippen LogP contribution in [-0.2, 0) is 17.6 Å². The Kier molecular flexibility index (Phi) is 4.51. The first-order valence-electron chi connectivity index (χ1n) is 9.31. The minimum Gasteiger partial charge on any atom is -0.368 e. The summed E-state index contributed by atoms with van der Waals surface area (Å²) < 4.78 is 1.66. The lowest BCUT2D eigenvalue weighted by atomic mass is 9.72. The molecule has 2 aromatic heterocycles. The predicted octanol–water partition coefficient (Wildman–Crippen LogP) is 2.16. The third kappa shape index (κ3) is 3.49. The van der Waals surface area contributed by atoms with E-state index in [1.165, 1.54) is 17.5 Å². The minimum atomic E-state index is -0.346.